The van der Waals surface area contributed by atoms with E-state index in [1.54, 1.807) is 27.9 Å². The first-order valence-corrected chi connectivity index (χ1v) is 6.82. The van der Waals surface area contributed by atoms with E-state index in [2.05, 4.69) is 9.69 Å². The zero-order valence-electron chi connectivity index (χ0n) is 11.6. The second-order valence-electron chi connectivity index (χ2n) is 4.16. The SMILES string of the molecule is CCOC(=O)c1c(C)nsc1NCCC(=O)N(C)C. The molecule has 0 fully saturated rings. The van der Waals surface area contributed by atoms with Gasteiger partial charge in [0.2, 0.25) is 5.91 Å². The van der Waals surface area contributed by atoms with Gasteiger partial charge in [-0.2, -0.15) is 4.37 Å². The summed E-state index contributed by atoms with van der Waals surface area (Å²) in [6.45, 7) is 4.31. The van der Waals surface area contributed by atoms with E-state index >= 15 is 0 Å². The van der Waals surface area contributed by atoms with E-state index in [9.17, 15) is 9.59 Å². The van der Waals surface area contributed by atoms with Crippen LogP contribution in [0.15, 0.2) is 0 Å². The van der Waals surface area contributed by atoms with Crippen molar-refractivity contribution in [3.63, 3.8) is 0 Å². The number of hydrogen-bond acceptors (Lipinski definition) is 6. The highest BCUT2D eigenvalue weighted by atomic mass is 32.1. The molecule has 106 valence electrons. The molecule has 0 aliphatic rings. The number of esters is 1. The fourth-order valence-corrected chi connectivity index (χ4v) is 2.25. The van der Waals surface area contributed by atoms with Crippen molar-refractivity contribution in [2.24, 2.45) is 0 Å². The summed E-state index contributed by atoms with van der Waals surface area (Å²) in [7, 11) is 3.42. The van der Waals surface area contributed by atoms with Crippen LogP contribution in [-0.2, 0) is 9.53 Å². The van der Waals surface area contributed by atoms with Crippen molar-refractivity contribution in [2.45, 2.75) is 20.3 Å². The quantitative estimate of drug-likeness (QED) is 0.802. The molecule has 1 heterocycles. The lowest BCUT2D eigenvalue weighted by molar-refractivity contribution is -0.128. The lowest BCUT2D eigenvalue weighted by Crippen LogP contribution is -2.24. The van der Waals surface area contributed by atoms with Crippen molar-refractivity contribution in [3.8, 4) is 0 Å². The van der Waals surface area contributed by atoms with Crippen LogP contribution in [0.3, 0.4) is 0 Å². The number of rotatable bonds is 6. The summed E-state index contributed by atoms with van der Waals surface area (Å²) in [6, 6.07) is 0. The minimum Gasteiger partial charge on any atom is -0.462 e. The highest BCUT2D eigenvalue weighted by Crippen LogP contribution is 2.25. The number of carbonyl (C=O) groups excluding carboxylic acids is 2. The monoisotopic (exact) mass is 285 g/mol. The van der Waals surface area contributed by atoms with Crippen LogP contribution in [0.4, 0.5) is 5.00 Å². The standard InChI is InChI=1S/C12H19N3O3S/c1-5-18-12(17)10-8(2)14-19-11(10)13-7-6-9(16)15(3)4/h13H,5-7H2,1-4H3. The summed E-state index contributed by atoms with van der Waals surface area (Å²) in [5.41, 5.74) is 1.11. The van der Waals surface area contributed by atoms with Crippen LogP contribution in [0.2, 0.25) is 0 Å². The third-order valence-electron chi connectivity index (χ3n) is 2.47. The molecule has 7 heteroatoms. The number of nitrogens with zero attached hydrogens (tertiary/aromatic N) is 2. The number of aryl methyl sites for hydroxylation is 1. The van der Waals surface area contributed by atoms with Crippen LogP contribution in [-0.4, -0.2) is 48.4 Å². The number of anilines is 1. The van der Waals surface area contributed by atoms with E-state index in [0.717, 1.165) is 0 Å². The van der Waals surface area contributed by atoms with Crippen LogP contribution >= 0.6 is 11.5 Å². The van der Waals surface area contributed by atoms with E-state index < -0.39 is 0 Å². The topological polar surface area (TPSA) is 71.5 Å². The van der Waals surface area contributed by atoms with Gasteiger partial charge in [0.15, 0.2) is 0 Å². The molecule has 1 amide bonds. The number of carbonyl (C=O) groups is 2. The van der Waals surface area contributed by atoms with Gasteiger partial charge in [-0.15, -0.1) is 0 Å². The third kappa shape index (κ3) is 4.20. The maximum absolute atomic E-state index is 11.8. The molecule has 0 aliphatic heterocycles. The molecule has 1 aromatic heterocycles. The fraction of sp³-hybridized carbons (Fsp3) is 0.583. The maximum atomic E-state index is 11.8. The zero-order chi connectivity index (χ0) is 14.4. The maximum Gasteiger partial charge on any atom is 0.343 e. The van der Waals surface area contributed by atoms with Crippen molar-refractivity contribution in [1.82, 2.24) is 9.27 Å². The van der Waals surface area contributed by atoms with Gasteiger partial charge >= 0.3 is 5.97 Å². The molecule has 0 radical (unpaired) electrons. The summed E-state index contributed by atoms with van der Waals surface area (Å²) in [5, 5.41) is 3.72. The number of amides is 1. The fourth-order valence-electron chi connectivity index (χ4n) is 1.44. The predicted octanol–water partition coefficient (Wildman–Crippen LogP) is 1.52. The van der Waals surface area contributed by atoms with E-state index in [1.807, 2.05) is 0 Å². The number of aromatic nitrogens is 1. The first-order valence-electron chi connectivity index (χ1n) is 6.04. The molecule has 0 atom stereocenters. The minimum atomic E-state index is -0.379. The molecule has 0 saturated carbocycles. The van der Waals surface area contributed by atoms with Crippen LogP contribution < -0.4 is 5.32 Å². The van der Waals surface area contributed by atoms with Crippen molar-refractivity contribution >= 4 is 28.4 Å². The Morgan fingerprint density at radius 3 is 2.68 bits per heavy atom. The van der Waals surface area contributed by atoms with Crippen LogP contribution in [0.25, 0.3) is 0 Å². The van der Waals surface area contributed by atoms with E-state index in [0.29, 0.717) is 35.8 Å². The van der Waals surface area contributed by atoms with Gasteiger partial charge in [-0.1, -0.05) is 0 Å². The summed E-state index contributed by atoms with van der Waals surface area (Å²) in [4.78, 5) is 24.8. The minimum absolute atomic E-state index is 0.0337. The smallest absolute Gasteiger partial charge is 0.343 e. The molecule has 1 rings (SSSR count). The summed E-state index contributed by atoms with van der Waals surface area (Å²) >= 11 is 1.20. The van der Waals surface area contributed by atoms with Crippen molar-refractivity contribution in [3.05, 3.63) is 11.3 Å². The largest absolute Gasteiger partial charge is 0.462 e. The molecule has 1 N–H and O–H groups in total. The molecule has 0 unspecified atom stereocenters. The molecule has 0 saturated heterocycles. The van der Waals surface area contributed by atoms with Crippen molar-refractivity contribution in [1.29, 1.82) is 0 Å². The molecular formula is C12H19N3O3S. The second kappa shape index (κ2) is 7.08. The zero-order valence-corrected chi connectivity index (χ0v) is 12.5. The third-order valence-corrected chi connectivity index (χ3v) is 3.36. The van der Waals surface area contributed by atoms with E-state index in [1.165, 1.54) is 16.4 Å². The Kier molecular flexibility index (Phi) is 5.75. The van der Waals surface area contributed by atoms with Gasteiger partial charge in [-0.05, 0) is 25.4 Å². The summed E-state index contributed by atoms with van der Waals surface area (Å²) < 4.78 is 9.12. The lowest BCUT2D eigenvalue weighted by Gasteiger charge is -2.11. The Morgan fingerprint density at radius 1 is 1.42 bits per heavy atom. The highest BCUT2D eigenvalue weighted by molar-refractivity contribution is 7.10. The van der Waals surface area contributed by atoms with Gasteiger partial charge < -0.3 is 15.0 Å². The highest BCUT2D eigenvalue weighted by Gasteiger charge is 2.19. The number of hydrogen-bond donors (Lipinski definition) is 1. The molecule has 0 bridgehead atoms. The number of nitrogens with one attached hydrogen (secondary N) is 1. The summed E-state index contributed by atoms with van der Waals surface area (Å²) in [5.74, 6) is -0.346. The Hall–Kier alpha value is -1.63. The normalized spacial score (nSPS) is 10.1. The Bertz CT molecular complexity index is 457. The Balaban J connectivity index is 2.64. The van der Waals surface area contributed by atoms with Crippen LogP contribution in [0, 0.1) is 6.92 Å². The predicted molar refractivity (Wildman–Crippen MR) is 74.6 cm³/mol. The van der Waals surface area contributed by atoms with Gasteiger partial charge in [0, 0.05) is 27.1 Å². The van der Waals surface area contributed by atoms with E-state index in [-0.39, 0.29) is 11.9 Å². The number of ether oxygens (including phenoxy) is 1. The van der Waals surface area contributed by atoms with Gasteiger partial charge in [-0.25, -0.2) is 4.79 Å². The molecule has 1 aromatic rings. The molecule has 0 aromatic carbocycles. The van der Waals surface area contributed by atoms with Crippen LogP contribution in [0.5, 0.6) is 0 Å². The first-order chi connectivity index (χ1) is 8.97. The molecule has 0 aliphatic carbocycles. The average Bonchev–Trinajstić information content (AvgIpc) is 2.70. The van der Waals surface area contributed by atoms with Gasteiger partial charge in [0.1, 0.15) is 10.6 Å². The van der Waals surface area contributed by atoms with Crippen molar-refractivity contribution < 1.29 is 14.3 Å². The van der Waals surface area contributed by atoms with Gasteiger partial charge in [-0.3, -0.25) is 4.79 Å². The molecule has 6 nitrogen and oxygen atoms in total. The van der Waals surface area contributed by atoms with Crippen LogP contribution in [0.1, 0.15) is 29.4 Å². The lowest BCUT2D eigenvalue weighted by atomic mass is 10.2. The van der Waals surface area contributed by atoms with Gasteiger partial charge in [0.25, 0.3) is 0 Å². The Morgan fingerprint density at radius 2 is 2.11 bits per heavy atom. The summed E-state index contributed by atoms with van der Waals surface area (Å²) in [6.07, 6.45) is 0.367. The average molecular weight is 285 g/mol. The second-order valence-corrected chi connectivity index (χ2v) is 4.93. The Labute approximate surface area is 116 Å². The van der Waals surface area contributed by atoms with Crippen molar-refractivity contribution in [2.75, 3.05) is 32.6 Å². The molecular weight excluding hydrogens is 266 g/mol. The molecule has 0 spiro atoms. The van der Waals surface area contributed by atoms with Gasteiger partial charge in [0.05, 0.1) is 12.3 Å². The first kappa shape index (κ1) is 15.4. The molecule has 19 heavy (non-hydrogen) atoms. The van der Waals surface area contributed by atoms with E-state index in [4.69, 9.17) is 4.74 Å².